The van der Waals surface area contributed by atoms with Gasteiger partial charge in [0, 0.05) is 35.6 Å². The van der Waals surface area contributed by atoms with Crippen molar-refractivity contribution < 1.29 is 9.59 Å². The third kappa shape index (κ3) is 4.39. The normalized spacial score (nSPS) is 10.2. The maximum absolute atomic E-state index is 12.3. The van der Waals surface area contributed by atoms with Crippen LogP contribution in [0.3, 0.4) is 0 Å². The van der Waals surface area contributed by atoms with Gasteiger partial charge in [0.1, 0.15) is 0 Å². The molecule has 0 saturated heterocycles. The summed E-state index contributed by atoms with van der Waals surface area (Å²) in [6.07, 6.45) is 2.93. The molecule has 2 aromatic rings. The molecular weight excluding hydrogens is 358 g/mol. The minimum Gasteiger partial charge on any atom is -0.339 e. The number of carbonyl (C=O) groups is 2. The Hall–Kier alpha value is -2.21. The molecule has 0 bridgehead atoms. The number of hydrogen-bond acceptors (Lipinski definition) is 3. The Bertz CT molecular complexity index is 714. The van der Waals surface area contributed by atoms with E-state index < -0.39 is 0 Å². The lowest BCUT2D eigenvalue weighted by atomic mass is 10.1. The molecule has 1 heterocycles. The number of rotatable bonds is 5. The molecule has 0 atom stereocenters. The predicted molar refractivity (Wildman–Crippen MR) is 93.6 cm³/mol. The molecular formula is C17H18BrN3O2. The summed E-state index contributed by atoms with van der Waals surface area (Å²) < 4.78 is 0.874. The second-order valence-corrected chi connectivity index (χ2v) is 5.82. The molecule has 0 fully saturated rings. The molecule has 0 spiro atoms. The number of pyridine rings is 1. The Kier molecular flexibility index (Phi) is 5.87. The zero-order valence-corrected chi connectivity index (χ0v) is 14.6. The molecule has 23 heavy (non-hydrogen) atoms. The lowest BCUT2D eigenvalue weighted by Gasteiger charge is -2.18. The van der Waals surface area contributed by atoms with Crippen LogP contribution in [0.5, 0.6) is 0 Å². The molecule has 0 aliphatic carbocycles. The summed E-state index contributed by atoms with van der Waals surface area (Å²) in [4.78, 5) is 30.4. The van der Waals surface area contributed by atoms with Crippen molar-refractivity contribution in [1.29, 1.82) is 0 Å². The van der Waals surface area contributed by atoms with Crippen molar-refractivity contribution in [1.82, 2.24) is 9.88 Å². The van der Waals surface area contributed by atoms with E-state index in [-0.39, 0.29) is 11.8 Å². The molecule has 1 aromatic heterocycles. The van der Waals surface area contributed by atoms with E-state index >= 15 is 0 Å². The van der Waals surface area contributed by atoms with Crippen LogP contribution in [0.2, 0.25) is 0 Å². The van der Waals surface area contributed by atoms with Crippen LogP contribution in [0.1, 0.15) is 34.6 Å². The Morgan fingerprint density at radius 2 is 1.83 bits per heavy atom. The number of nitrogens with zero attached hydrogens (tertiary/aromatic N) is 2. The zero-order chi connectivity index (χ0) is 16.8. The molecule has 120 valence electrons. The van der Waals surface area contributed by atoms with E-state index in [0.717, 1.165) is 4.47 Å². The molecule has 0 aliphatic heterocycles. The number of carbonyl (C=O) groups excluding carboxylic acids is 2. The largest absolute Gasteiger partial charge is 0.339 e. The van der Waals surface area contributed by atoms with Gasteiger partial charge in [-0.2, -0.15) is 0 Å². The van der Waals surface area contributed by atoms with E-state index in [2.05, 4.69) is 26.2 Å². The minimum atomic E-state index is -0.301. The molecule has 0 aliphatic rings. The number of anilines is 1. The van der Waals surface area contributed by atoms with E-state index in [1.54, 1.807) is 23.1 Å². The summed E-state index contributed by atoms with van der Waals surface area (Å²) >= 11 is 3.36. The molecule has 2 amide bonds. The highest BCUT2D eigenvalue weighted by molar-refractivity contribution is 9.10. The van der Waals surface area contributed by atoms with Crippen molar-refractivity contribution in [3.8, 4) is 0 Å². The first-order chi connectivity index (χ1) is 11.0. The van der Waals surface area contributed by atoms with Gasteiger partial charge in [-0.1, -0.05) is 22.0 Å². The average molecular weight is 376 g/mol. The van der Waals surface area contributed by atoms with Crippen molar-refractivity contribution in [3.05, 3.63) is 58.3 Å². The average Bonchev–Trinajstić information content (AvgIpc) is 2.56. The fraction of sp³-hybridized carbons (Fsp3) is 0.235. The van der Waals surface area contributed by atoms with Crippen LogP contribution in [0.25, 0.3) is 0 Å². The van der Waals surface area contributed by atoms with Crippen molar-refractivity contribution in [3.63, 3.8) is 0 Å². The van der Waals surface area contributed by atoms with Crippen LogP contribution in [-0.2, 0) is 0 Å². The fourth-order valence-electron chi connectivity index (χ4n) is 2.14. The molecule has 0 saturated carbocycles. The number of nitrogens with one attached hydrogen (secondary N) is 1. The quantitative estimate of drug-likeness (QED) is 0.868. The Labute approximate surface area is 143 Å². The van der Waals surface area contributed by atoms with Crippen LogP contribution in [-0.4, -0.2) is 34.8 Å². The summed E-state index contributed by atoms with van der Waals surface area (Å²) in [5.74, 6) is -0.426. The van der Waals surface area contributed by atoms with Crippen molar-refractivity contribution in [2.24, 2.45) is 0 Å². The highest BCUT2D eigenvalue weighted by atomic mass is 79.9. The third-order valence-electron chi connectivity index (χ3n) is 3.38. The van der Waals surface area contributed by atoms with E-state index in [0.29, 0.717) is 29.9 Å². The second-order valence-electron chi connectivity index (χ2n) is 4.90. The maximum Gasteiger partial charge on any atom is 0.257 e. The predicted octanol–water partition coefficient (Wildman–Crippen LogP) is 3.58. The summed E-state index contributed by atoms with van der Waals surface area (Å²) in [6, 6.07) is 8.87. The van der Waals surface area contributed by atoms with Crippen LogP contribution in [0.4, 0.5) is 5.69 Å². The molecule has 5 nitrogen and oxygen atoms in total. The van der Waals surface area contributed by atoms with Gasteiger partial charge in [-0.05, 0) is 38.1 Å². The summed E-state index contributed by atoms with van der Waals surface area (Å²) in [5.41, 5.74) is 1.43. The molecule has 2 rings (SSSR count). The topological polar surface area (TPSA) is 62.3 Å². The summed E-state index contributed by atoms with van der Waals surface area (Å²) in [6.45, 7) is 5.06. The smallest absolute Gasteiger partial charge is 0.257 e. The molecule has 1 N–H and O–H groups in total. The maximum atomic E-state index is 12.3. The van der Waals surface area contributed by atoms with Crippen molar-refractivity contribution in [2.45, 2.75) is 13.8 Å². The lowest BCUT2D eigenvalue weighted by molar-refractivity contribution is 0.0772. The van der Waals surface area contributed by atoms with Gasteiger partial charge < -0.3 is 10.2 Å². The fourth-order valence-corrected chi connectivity index (χ4v) is 2.54. The monoisotopic (exact) mass is 375 g/mol. The molecule has 1 aromatic carbocycles. The first kappa shape index (κ1) is 17.1. The first-order valence-corrected chi connectivity index (χ1v) is 8.15. The third-order valence-corrected chi connectivity index (χ3v) is 3.87. The molecule has 0 unspecified atom stereocenters. The number of hydrogen-bond donors (Lipinski definition) is 1. The van der Waals surface area contributed by atoms with Crippen LogP contribution < -0.4 is 5.32 Å². The van der Waals surface area contributed by atoms with E-state index in [9.17, 15) is 9.59 Å². The van der Waals surface area contributed by atoms with Gasteiger partial charge in [0.05, 0.1) is 11.1 Å². The van der Waals surface area contributed by atoms with Gasteiger partial charge in [-0.3, -0.25) is 14.6 Å². The van der Waals surface area contributed by atoms with Crippen molar-refractivity contribution in [2.75, 3.05) is 18.4 Å². The van der Waals surface area contributed by atoms with Gasteiger partial charge in [-0.25, -0.2) is 0 Å². The first-order valence-electron chi connectivity index (χ1n) is 7.36. The highest BCUT2D eigenvalue weighted by Crippen LogP contribution is 2.17. The SMILES string of the molecule is CCN(CC)C(=O)c1cncc(C(=O)Nc2cccc(Br)c2)c1. The van der Waals surface area contributed by atoms with Crippen LogP contribution in [0.15, 0.2) is 47.2 Å². The van der Waals surface area contributed by atoms with Crippen LogP contribution >= 0.6 is 15.9 Å². The number of amides is 2. The highest BCUT2D eigenvalue weighted by Gasteiger charge is 2.15. The summed E-state index contributed by atoms with van der Waals surface area (Å²) in [5, 5.41) is 2.79. The molecule has 6 heteroatoms. The van der Waals surface area contributed by atoms with Gasteiger partial charge in [-0.15, -0.1) is 0 Å². The van der Waals surface area contributed by atoms with Crippen LogP contribution in [0, 0.1) is 0 Å². The Morgan fingerprint density at radius 3 is 2.48 bits per heavy atom. The van der Waals surface area contributed by atoms with Gasteiger partial charge in [0.25, 0.3) is 11.8 Å². The Balaban J connectivity index is 2.19. The Morgan fingerprint density at radius 1 is 1.13 bits per heavy atom. The minimum absolute atomic E-state index is 0.125. The second kappa shape index (κ2) is 7.87. The standard InChI is InChI=1S/C17H18BrN3O2/c1-3-21(4-2)17(23)13-8-12(10-19-11-13)16(22)20-15-7-5-6-14(18)9-15/h5-11H,3-4H2,1-2H3,(H,20,22). The van der Waals surface area contributed by atoms with Crippen molar-refractivity contribution >= 4 is 33.4 Å². The van der Waals surface area contributed by atoms with E-state index in [1.165, 1.54) is 12.4 Å². The lowest BCUT2D eigenvalue weighted by Crippen LogP contribution is -2.30. The molecule has 0 radical (unpaired) electrons. The van der Waals surface area contributed by atoms with E-state index in [1.807, 2.05) is 26.0 Å². The van der Waals surface area contributed by atoms with Gasteiger partial charge in [0.15, 0.2) is 0 Å². The van der Waals surface area contributed by atoms with Gasteiger partial charge >= 0.3 is 0 Å². The summed E-state index contributed by atoms with van der Waals surface area (Å²) in [7, 11) is 0. The van der Waals surface area contributed by atoms with E-state index in [4.69, 9.17) is 0 Å². The number of benzene rings is 1. The van der Waals surface area contributed by atoms with Gasteiger partial charge in [0.2, 0.25) is 0 Å². The number of halogens is 1. The number of aromatic nitrogens is 1. The zero-order valence-electron chi connectivity index (χ0n) is 13.0.